The quantitative estimate of drug-likeness (QED) is 0.465. The Morgan fingerprint density at radius 1 is 1.14 bits per heavy atom. The monoisotopic (exact) mass is 485 g/mol. The smallest absolute Gasteiger partial charge is 0.307 e. The Morgan fingerprint density at radius 3 is 2.61 bits per heavy atom. The lowest BCUT2D eigenvalue weighted by Gasteiger charge is -2.37. The number of pyridine rings is 1. The molecule has 0 radical (unpaired) electrons. The fourth-order valence-corrected chi connectivity index (χ4v) is 5.91. The van der Waals surface area contributed by atoms with Gasteiger partial charge < -0.3 is 19.3 Å². The third-order valence-electron chi connectivity index (χ3n) is 7.86. The van der Waals surface area contributed by atoms with Gasteiger partial charge in [0, 0.05) is 23.6 Å². The van der Waals surface area contributed by atoms with Gasteiger partial charge in [0.15, 0.2) is 0 Å². The van der Waals surface area contributed by atoms with Crippen LogP contribution in [-0.4, -0.2) is 35.9 Å². The predicted octanol–water partition coefficient (Wildman–Crippen LogP) is 5.33. The van der Waals surface area contributed by atoms with Gasteiger partial charge in [0.25, 0.3) is 0 Å². The molecule has 0 bridgehead atoms. The van der Waals surface area contributed by atoms with Crippen LogP contribution in [-0.2, 0) is 22.6 Å². The fraction of sp³-hybridized carbons (Fsp3) is 0.400. The highest BCUT2D eigenvalue weighted by atomic mass is 16.5. The molecule has 36 heavy (non-hydrogen) atoms. The molecule has 6 nitrogen and oxygen atoms in total. The van der Waals surface area contributed by atoms with E-state index in [0.29, 0.717) is 19.1 Å². The summed E-state index contributed by atoms with van der Waals surface area (Å²) >= 11 is 0. The number of carboxylic acids is 1. The van der Waals surface area contributed by atoms with E-state index in [0.717, 1.165) is 42.1 Å². The van der Waals surface area contributed by atoms with Crippen molar-refractivity contribution in [1.82, 2.24) is 4.98 Å². The van der Waals surface area contributed by atoms with E-state index in [9.17, 15) is 9.90 Å². The Kier molecular flexibility index (Phi) is 5.52. The van der Waals surface area contributed by atoms with Crippen molar-refractivity contribution in [2.75, 3.05) is 19.8 Å². The molecule has 1 aliphatic heterocycles. The number of rotatable bonds is 8. The molecule has 3 atom stereocenters. The van der Waals surface area contributed by atoms with Crippen LogP contribution in [0.4, 0.5) is 0 Å². The van der Waals surface area contributed by atoms with Crippen molar-refractivity contribution in [3.05, 3.63) is 76.5 Å². The molecule has 6 heteroatoms. The lowest BCUT2D eigenvalue weighted by Crippen LogP contribution is -2.44. The van der Waals surface area contributed by atoms with Crippen LogP contribution in [0, 0.1) is 31.1 Å². The number of aryl methyl sites for hydroxylation is 2. The Labute approximate surface area is 211 Å². The molecule has 1 saturated carbocycles. The number of aliphatic carboxylic acids is 1. The van der Waals surface area contributed by atoms with Crippen LogP contribution in [0.3, 0.4) is 0 Å². The highest BCUT2D eigenvalue weighted by Gasteiger charge is 2.59. The Hall–Kier alpha value is -3.38. The van der Waals surface area contributed by atoms with E-state index in [2.05, 4.69) is 62.2 Å². The standard InChI is InChI=1S/C30H31NO5/c1-17-7-22(36-16-30(3)14-34-15-30)8-18(2)26(17)20-6-4-5-19(9-20)13-35-25-11-21-10-23-27(24(21)12-31-25)28(23)29(32)33/h4-9,11-12,23,27-28H,10,13-16H2,1-3H3,(H,32,33)/t23-,27-,28+/m1/s1. The first-order chi connectivity index (χ1) is 17.3. The number of carbonyl (C=O) groups is 1. The summed E-state index contributed by atoms with van der Waals surface area (Å²) in [5, 5.41) is 9.31. The van der Waals surface area contributed by atoms with Crippen molar-refractivity contribution in [3.8, 4) is 22.8 Å². The minimum atomic E-state index is -0.693. The van der Waals surface area contributed by atoms with Crippen molar-refractivity contribution in [3.63, 3.8) is 0 Å². The molecule has 1 aromatic heterocycles. The van der Waals surface area contributed by atoms with Gasteiger partial charge in [0.05, 0.1) is 25.7 Å². The summed E-state index contributed by atoms with van der Waals surface area (Å²) in [4.78, 5) is 15.8. The molecule has 0 unspecified atom stereocenters. The van der Waals surface area contributed by atoms with Crippen LogP contribution in [0.1, 0.15) is 40.7 Å². The summed E-state index contributed by atoms with van der Waals surface area (Å²) in [5.74, 6) is 0.922. The van der Waals surface area contributed by atoms with E-state index in [1.807, 2.05) is 12.3 Å². The van der Waals surface area contributed by atoms with Gasteiger partial charge in [-0.05, 0) is 83.3 Å². The van der Waals surface area contributed by atoms with E-state index in [1.54, 1.807) is 0 Å². The predicted molar refractivity (Wildman–Crippen MR) is 135 cm³/mol. The Morgan fingerprint density at radius 2 is 1.92 bits per heavy atom. The van der Waals surface area contributed by atoms with E-state index < -0.39 is 5.97 Å². The average molecular weight is 486 g/mol. The zero-order valence-corrected chi connectivity index (χ0v) is 20.9. The Bertz CT molecular complexity index is 1320. The van der Waals surface area contributed by atoms with Crippen molar-refractivity contribution < 1.29 is 24.1 Å². The van der Waals surface area contributed by atoms with Crippen LogP contribution in [0.5, 0.6) is 11.6 Å². The minimum absolute atomic E-state index is 0.115. The molecular formula is C30H31NO5. The molecular weight excluding hydrogens is 454 g/mol. The molecule has 2 fully saturated rings. The number of ether oxygens (including phenoxy) is 3. The zero-order chi connectivity index (χ0) is 25.0. The van der Waals surface area contributed by atoms with Crippen molar-refractivity contribution >= 4 is 5.97 Å². The molecule has 1 N–H and O–H groups in total. The number of carboxylic acid groups (broad SMARTS) is 1. The lowest BCUT2D eigenvalue weighted by atomic mass is 9.90. The van der Waals surface area contributed by atoms with Crippen LogP contribution >= 0.6 is 0 Å². The van der Waals surface area contributed by atoms with Gasteiger partial charge >= 0.3 is 5.97 Å². The first-order valence-corrected chi connectivity index (χ1v) is 12.6. The van der Waals surface area contributed by atoms with Crippen molar-refractivity contribution in [2.45, 2.75) is 39.7 Å². The lowest BCUT2D eigenvalue weighted by molar-refractivity contribution is -0.139. The van der Waals surface area contributed by atoms with Crippen LogP contribution < -0.4 is 9.47 Å². The summed E-state index contributed by atoms with van der Waals surface area (Å²) < 4.78 is 17.5. The second kappa shape index (κ2) is 8.63. The third kappa shape index (κ3) is 4.13. The molecule has 2 aliphatic carbocycles. The number of hydrogen-bond donors (Lipinski definition) is 1. The normalized spacial score (nSPS) is 22.8. The SMILES string of the molecule is Cc1cc(OCC2(C)COC2)cc(C)c1-c1cccc(COc2cc3c(cn2)[C@H]2[C@@H](C3)[C@@H]2C(=O)O)c1. The fourth-order valence-electron chi connectivity index (χ4n) is 5.91. The van der Waals surface area contributed by atoms with E-state index in [4.69, 9.17) is 14.2 Å². The summed E-state index contributed by atoms with van der Waals surface area (Å²) in [5.41, 5.74) is 8.16. The molecule has 2 aromatic carbocycles. The van der Waals surface area contributed by atoms with Gasteiger partial charge in [-0.25, -0.2) is 4.98 Å². The van der Waals surface area contributed by atoms with Gasteiger partial charge in [-0.2, -0.15) is 0 Å². The van der Waals surface area contributed by atoms with Gasteiger partial charge in [-0.1, -0.05) is 25.1 Å². The first kappa shape index (κ1) is 23.0. The molecule has 2 heterocycles. The molecule has 6 rings (SSSR count). The molecule has 3 aliphatic rings. The second-order valence-electron chi connectivity index (χ2n) is 11.0. The number of benzene rings is 2. The van der Waals surface area contributed by atoms with Gasteiger partial charge in [0.1, 0.15) is 12.4 Å². The molecule has 0 spiro atoms. The summed E-state index contributed by atoms with van der Waals surface area (Å²) in [6.45, 7) is 9.03. The summed E-state index contributed by atoms with van der Waals surface area (Å²) in [7, 11) is 0. The van der Waals surface area contributed by atoms with Gasteiger partial charge in [0.2, 0.25) is 5.88 Å². The van der Waals surface area contributed by atoms with Crippen LogP contribution in [0.2, 0.25) is 0 Å². The number of nitrogens with zero attached hydrogens (tertiary/aromatic N) is 1. The number of hydrogen-bond acceptors (Lipinski definition) is 5. The highest BCUT2D eigenvalue weighted by Crippen LogP contribution is 2.61. The maximum absolute atomic E-state index is 11.3. The minimum Gasteiger partial charge on any atom is -0.493 e. The second-order valence-corrected chi connectivity index (χ2v) is 11.0. The maximum Gasteiger partial charge on any atom is 0.307 e. The van der Waals surface area contributed by atoms with Crippen LogP contribution in [0.25, 0.3) is 11.1 Å². The van der Waals surface area contributed by atoms with E-state index >= 15 is 0 Å². The van der Waals surface area contributed by atoms with E-state index in [-0.39, 0.29) is 23.2 Å². The maximum atomic E-state index is 11.3. The van der Waals surface area contributed by atoms with Gasteiger partial charge in [-0.3, -0.25) is 4.79 Å². The van der Waals surface area contributed by atoms with Crippen molar-refractivity contribution in [1.29, 1.82) is 0 Å². The average Bonchev–Trinajstić information content (AvgIpc) is 3.42. The molecule has 186 valence electrons. The number of aromatic nitrogens is 1. The molecule has 3 aromatic rings. The van der Waals surface area contributed by atoms with Gasteiger partial charge in [-0.15, -0.1) is 0 Å². The topological polar surface area (TPSA) is 77.9 Å². The molecule has 1 saturated heterocycles. The van der Waals surface area contributed by atoms with Crippen molar-refractivity contribution in [2.24, 2.45) is 17.3 Å². The first-order valence-electron chi connectivity index (χ1n) is 12.6. The zero-order valence-electron chi connectivity index (χ0n) is 20.9. The third-order valence-corrected chi connectivity index (χ3v) is 7.86. The highest BCUT2D eigenvalue weighted by molar-refractivity contribution is 5.77. The number of fused-ring (bicyclic) bond motifs is 3. The largest absolute Gasteiger partial charge is 0.493 e. The molecule has 0 amide bonds. The summed E-state index contributed by atoms with van der Waals surface area (Å²) in [6, 6.07) is 14.6. The van der Waals surface area contributed by atoms with E-state index in [1.165, 1.54) is 22.3 Å². The Balaban J connectivity index is 1.13. The summed E-state index contributed by atoms with van der Waals surface area (Å²) in [6.07, 6.45) is 2.61. The van der Waals surface area contributed by atoms with Crippen LogP contribution in [0.15, 0.2) is 48.7 Å².